The Morgan fingerprint density at radius 1 is 1.04 bits per heavy atom. The molecule has 0 aromatic heterocycles. The van der Waals surface area contributed by atoms with Crippen molar-refractivity contribution in [2.24, 2.45) is 0 Å². The van der Waals surface area contributed by atoms with Crippen LogP contribution < -0.4 is 24.3 Å². The number of rotatable bonds is 7. The lowest BCUT2D eigenvalue weighted by Gasteiger charge is -2.21. The molecule has 1 saturated carbocycles. The molecule has 1 amide bonds. The van der Waals surface area contributed by atoms with Gasteiger partial charge in [0.2, 0.25) is 5.91 Å². The first-order valence-corrected chi connectivity index (χ1v) is 9.16. The first kappa shape index (κ1) is 17.5. The maximum absolute atomic E-state index is 12.7. The molecule has 1 heterocycles. The van der Waals surface area contributed by atoms with E-state index in [2.05, 4.69) is 5.32 Å². The fraction of sp³-hybridized carbons (Fsp3) is 0.381. The SMILES string of the molecule is COc1ccc(OCCNC(=O)C2(c3ccc4c(c3)OCCO4)CC2)cc1. The maximum atomic E-state index is 12.7. The van der Waals surface area contributed by atoms with Crippen LogP contribution in [0.25, 0.3) is 0 Å². The summed E-state index contributed by atoms with van der Waals surface area (Å²) >= 11 is 0. The number of carbonyl (C=O) groups excluding carboxylic acids is 1. The molecule has 1 fully saturated rings. The lowest BCUT2D eigenvalue weighted by Crippen LogP contribution is -2.37. The second-order valence-electron chi connectivity index (χ2n) is 6.72. The molecular weight excluding hydrogens is 346 g/mol. The number of amides is 1. The van der Waals surface area contributed by atoms with E-state index in [-0.39, 0.29) is 5.91 Å². The highest BCUT2D eigenvalue weighted by Crippen LogP contribution is 2.50. The molecule has 2 aliphatic rings. The second-order valence-corrected chi connectivity index (χ2v) is 6.72. The maximum Gasteiger partial charge on any atom is 0.230 e. The molecule has 142 valence electrons. The van der Waals surface area contributed by atoms with Crippen LogP contribution in [0.1, 0.15) is 18.4 Å². The van der Waals surface area contributed by atoms with Crippen molar-refractivity contribution in [3.63, 3.8) is 0 Å². The van der Waals surface area contributed by atoms with E-state index in [1.165, 1.54) is 0 Å². The summed E-state index contributed by atoms with van der Waals surface area (Å²) in [4.78, 5) is 12.7. The van der Waals surface area contributed by atoms with Gasteiger partial charge >= 0.3 is 0 Å². The fourth-order valence-electron chi connectivity index (χ4n) is 3.29. The summed E-state index contributed by atoms with van der Waals surface area (Å²) < 4.78 is 22.0. The van der Waals surface area contributed by atoms with E-state index < -0.39 is 5.41 Å². The van der Waals surface area contributed by atoms with Gasteiger partial charge in [-0.1, -0.05) is 6.07 Å². The number of nitrogens with one attached hydrogen (secondary N) is 1. The summed E-state index contributed by atoms with van der Waals surface area (Å²) in [7, 11) is 1.63. The largest absolute Gasteiger partial charge is 0.497 e. The lowest BCUT2D eigenvalue weighted by atomic mass is 9.94. The Kier molecular flexibility index (Phi) is 4.79. The van der Waals surface area contributed by atoms with Crippen molar-refractivity contribution < 1.29 is 23.7 Å². The minimum atomic E-state index is -0.448. The fourth-order valence-corrected chi connectivity index (χ4v) is 3.29. The molecule has 2 aromatic rings. The molecule has 0 radical (unpaired) electrons. The van der Waals surface area contributed by atoms with Gasteiger partial charge in [0.05, 0.1) is 19.1 Å². The van der Waals surface area contributed by atoms with Gasteiger partial charge in [-0.05, 0) is 54.8 Å². The Morgan fingerprint density at radius 3 is 2.44 bits per heavy atom. The van der Waals surface area contributed by atoms with Gasteiger partial charge in [-0.25, -0.2) is 0 Å². The topological polar surface area (TPSA) is 66.0 Å². The number of carbonyl (C=O) groups is 1. The number of hydrogen-bond acceptors (Lipinski definition) is 5. The average molecular weight is 369 g/mol. The molecule has 1 aliphatic carbocycles. The average Bonchev–Trinajstić information content (AvgIpc) is 3.53. The molecule has 2 aromatic carbocycles. The number of ether oxygens (including phenoxy) is 4. The van der Waals surface area contributed by atoms with Gasteiger partial charge in [-0.3, -0.25) is 4.79 Å². The molecule has 0 bridgehead atoms. The van der Waals surface area contributed by atoms with E-state index in [0.717, 1.165) is 41.4 Å². The highest BCUT2D eigenvalue weighted by atomic mass is 16.6. The summed E-state index contributed by atoms with van der Waals surface area (Å²) in [5, 5.41) is 3.00. The Labute approximate surface area is 158 Å². The highest BCUT2D eigenvalue weighted by molar-refractivity contribution is 5.91. The summed E-state index contributed by atoms with van der Waals surface area (Å²) in [5.41, 5.74) is 0.538. The molecule has 6 heteroatoms. The molecule has 1 N–H and O–H groups in total. The van der Waals surface area contributed by atoms with E-state index in [4.69, 9.17) is 18.9 Å². The Morgan fingerprint density at radius 2 is 1.74 bits per heavy atom. The molecule has 27 heavy (non-hydrogen) atoms. The third-order valence-corrected chi connectivity index (χ3v) is 5.00. The number of hydrogen-bond donors (Lipinski definition) is 1. The van der Waals surface area contributed by atoms with Crippen LogP contribution in [0.4, 0.5) is 0 Å². The van der Waals surface area contributed by atoms with E-state index >= 15 is 0 Å². The first-order valence-electron chi connectivity index (χ1n) is 9.16. The zero-order valence-electron chi connectivity index (χ0n) is 15.3. The zero-order valence-corrected chi connectivity index (χ0v) is 15.3. The van der Waals surface area contributed by atoms with Crippen molar-refractivity contribution in [2.45, 2.75) is 18.3 Å². The van der Waals surface area contributed by atoms with Crippen LogP contribution in [0.2, 0.25) is 0 Å². The van der Waals surface area contributed by atoms with Gasteiger partial charge in [0, 0.05) is 0 Å². The normalized spacial score (nSPS) is 16.3. The van der Waals surface area contributed by atoms with Gasteiger partial charge in [0.15, 0.2) is 11.5 Å². The van der Waals surface area contributed by atoms with Gasteiger partial charge < -0.3 is 24.3 Å². The minimum absolute atomic E-state index is 0.0394. The van der Waals surface area contributed by atoms with Crippen LogP contribution in [0.5, 0.6) is 23.0 Å². The quantitative estimate of drug-likeness (QED) is 0.760. The van der Waals surface area contributed by atoms with Gasteiger partial charge in [0.1, 0.15) is 31.3 Å². The molecule has 4 rings (SSSR count). The predicted octanol–water partition coefficient (Wildman–Crippen LogP) is 2.69. The predicted molar refractivity (Wildman–Crippen MR) is 99.8 cm³/mol. The van der Waals surface area contributed by atoms with Crippen molar-refractivity contribution in [3.8, 4) is 23.0 Å². The highest BCUT2D eigenvalue weighted by Gasteiger charge is 2.51. The van der Waals surface area contributed by atoms with Crippen molar-refractivity contribution >= 4 is 5.91 Å². The van der Waals surface area contributed by atoms with Crippen LogP contribution >= 0.6 is 0 Å². The Hall–Kier alpha value is -2.89. The van der Waals surface area contributed by atoms with E-state index in [1.54, 1.807) is 7.11 Å². The van der Waals surface area contributed by atoms with Crippen LogP contribution in [-0.4, -0.2) is 39.4 Å². The lowest BCUT2D eigenvalue weighted by molar-refractivity contribution is -0.123. The van der Waals surface area contributed by atoms with Crippen LogP contribution in [0.15, 0.2) is 42.5 Å². The zero-order chi connectivity index (χ0) is 18.7. The van der Waals surface area contributed by atoms with Crippen LogP contribution in [-0.2, 0) is 10.2 Å². The summed E-state index contributed by atoms with van der Waals surface area (Å²) in [6.07, 6.45) is 1.69. The summed E-state index contributed by atoms with van der Waals surface area (Å²) in [5.74, 6) is 3.04. The molecular formula is C21H23NO5. The summed E-state index contributed by atoms with van der Waals surface area (Å²) in [6.45, 7) is 1.97. The van der Waals surface area contributed by atoms with Gasteiger partial charge in [0.25, 0.3) is 0 Å². The number of benzene rings is 2. The molecule has 0 saturated heterocycles. The smallest absolute Gasteiger partial charge is 0.230 e. The van der Waals surface area contributed by atoms with E-state index in [1.807, 2.05) is 42.5 Å². The van der Waals surface area contributed by atoms with Crippen LogP contribution in [0, 0.1) is 0 Å². The Bertz CT molecular complexity index is 814. The first-order chi connectivity index (χ1) is 13.2. The third-order valence-electron chi connectivity index (χ3n) is 5.00. The van der Waals surface area contributed by atoms with Crippen molar-refractivity contribution in [1.82, 2.24) is 5.32 Å². The molecule has 0 unspecified atom stereocenters. The molecule has 0 spiro atoms. The van der Waals surface area contributed by atoms with E-state index in [9.17, 15) is 4.79 Å². The monoisotopic (exact) mass is 369 g/mol. The van der Waals surface area contributed by atoms with Crippen LogP contribution in [0.3, 0.4) is 0 Å². The Balaban J connectivity index is 1.31. The molecule has 0 atom stereocenters. The van der Waals surface area contributed by atoms with Crippen molar-refractivity contribution in [3.05, 3.63) is 48.0 Å². The van der Waals surface area contributed by atoms with Gasteiger partial charge in [-0.2, -0.15) is 0 Å². The number of fused-ring (bicyclic) bond motifs is 1. The standard InChI is InChI=1S/C21H23NO5/c1-24-16-3-5-17(6-4-16)25-11-10-22-20(23)21(8-9-21)15-2-7-18-19(14-15)27-13-12-26-18/h2-7,14H,8-13H2,1H3,(H,22,23). The third kappa shape index (κ3) is 3.65. The second kappa shape index (κ2) is 7.39. The van der Waals surface area contributed by atoms with Gasteiger partial charge in [-0.15, -0.1) is 0 Å². The minimum Gasteiger partial charge on any atom is -0.497 e. The summed E-state index contributed by atoms with van der Waals surface area (Å²) in [6, 6.07) is 13.2. The van der Waals surface area contributed by atoms with Crippen molar-refractivity contribution in [2.75, 3.05) is 33.5 Å². The van der Waals surface area contributed by atoms with E-state index in [0.29, 0.717) is 26.4 Å². The molecule has 6 nitrogen and oxygen atoms in total. The number of methoxy groups -OCH3 is 1. The molecule has 1 aliphatic heterocycles. The van der Waals surface area contributed by atoms with Crippen molar-refractivity contribution in [1.29, 1.82) is 0 Å².